The van der Waals surface area contributed by atoms with Crippen molar-refractivity contribution in [3.63, 3.8) is 0 Å². The lowest BCUT2D eigenvalue weighted by Crippen LogP contribution is -2.29. The molecule has 0 amide bonds. The Morgan fingerprint density at radius 3 is 2.76 bits per heavy atom. The van der Waals surface area contributed by atoms with Crippen LogP contribution in [0.1, 0.15) is 24.1 Å². The molecule has 1 aromatic rings. The lowest BCUT2D eigenvalue weighted by Gasteiger charge is -2.16. The van der Waals surface area contributed by atoms with E-state index in [0.717, 1.165) is 11.1 Å². The van der Waals surface area contributed by atoms with Crippen LogP contribution in [0, 0.1) is 0 Å². The molecule has 0 aliphatic heterocycles. The van der Waals surface area contributed by atoms with Crippen LogP contribution in [0.5, 0.6) is 0 Å². The molecule has 1 rings (SSSR count). The molecular weight excluding hydrogens is 218 g/mol. The first-order valence-corrected chi connectivity index (χ1v) is 5.62. The van der Waals surface area contributed by atoms with Gasteiger partial charge in [-0.15, -0.1) is 0 Å². The number of hydrogen-bond acceptors (Lipinski definition) is 4. The standard InChI is InChI=1S/C13H19NO3/c1-4-14-12(13(15)17-3)11-7-5-6-10(8-11)9-16-2/h5-8,12,14H,4,9H2,1-3H3. The van der Waals surface area contributed by atoms with E-state index in [4.69, 9.17) is 9.47 Å². The average molecular weight is 237 g/mol. The lowest BCUT2D eigenvalue weighted by molar-refractivity contribution is -0.143. The van der Waals surface area contributed by atoms with Gasteiger partial charge in [0.2, 0.25) is 0 Å². The molecular formula is C13H19NO3. The van der Waals surface area contributed by atoms with Gasteiger partial charge in [0.05, 0.1) is 13.7 Å². The van der Waals surface area contributed by atoms with E-state index in [1.807, 2.05) is 31.2 Å². The van der Waals surface area contributed by atoms with E-state index in [-0.39, 0.29) is 5.97 Å². The molecule has 0 bridgehead atoms. The fourth-order valence-corrected chi connectivity index (χ4v) is 1.69. The van der Waals surface area contributed by atoms with Crippen LogP contribution >= 0.6 is 0 Å². The third-order valence-corrected chi connectivity index (χ3v) is 2.44. The number of carbonyl (C=O) groups excluding carboxylic acids is 1. The van der Waals surface area contributed by atoms with E-state index in [0.29, 0.717) is 13.2 Å². The van der Waals surface area contributed by atoms with Crippen molar-refractivity contribution in [3.05, 3.63) is 35.4 Å². The van der Waals surface area contributed by atoms with Gasteiger partial charge >= 0.3 is 5.97 Å². The van der Waals surface area contributed by atoms with Gasteiger partial charge < -0.3 is 14.8 Å². The van der Waals surface area contributed by atoms with E-state index >= 15 is 0 Å². The summed E-state index contributed by atoms with van der Waals surface area (Å²) in [4.78, 5) is 11.7. The van der Waals surface area contributed by atoms with Gasteiger partial charge in [-0.25, -0.2) is 4.79 Å². The van der Waals surface area contributed by atoms with E-state index in [9.17, 15) is 4.79 Å². The molecule has 1 N–H and O–H groups in total. The SMILES string of the molecule is CCNC(C(=O)OC)c1cccc(COC)c1. The number of esters is 1. The van der Waals surface area contributed by atoms with Gasteiger partial charge in [0.25, 0.3) is 0 Å². The molecule has 0 aliphatic rings. The zero-order valence-corrected chi connectivity index (χ0v) is 10.5. The van der Waals surface area contributed by atoms with Crippen LogP contribution in [0.3, 0.4) is 0 Å². The molecule has 0 aromatic heterocycles. The highest BCUT2D eigenvalue weighted by Gasteiger charge is 2.20. The van der Waals surface area contributed by atoms with E-state index in [1.54, 1.807) is 7.11 Å². The van der Waals surface area contributed by atoms with Crippen LogP contribution < -0.4 is 5.32 Å². The van der Waals surface area contributed by atoms with Gasteiger partial charge in [-0.3, -0.25) is 0 Å². The Hall–Kier alpha value is -1.39. The van der Waals surface area contributed by atoms with Crippen LogP contribution in [0.2, 0.25) is 0 Å². The fourth-order valence-electron chi connectivity index (χ4n) is 1.69. The smallest absolute Gasteiger partial charge is 0.327 e. The molecule has 0 fully saturated rings. The molecule has 0 radical (unpaired) electrons. The number of likely N-dealkylation sites (N-methyl/N-ethyl adjacent to an activating group) is 1. The largest absolute Gasteiger partial charge is 0.468 e. The van der Waals surface area contributed by atoms with Crippen molar-refractivity contribution in [3.8, 4) is 0 Å². The van der Waals surface area contributed by atoms with Gasteiger partial charge in [-0.2, -0.15) is 0 Å². The number of methoxy groups -OCH3 is 2. The van der Waals surface area contributed by atoms with Gasteiger partial charge in [0.1, 0.15) is 6.04 Å². The van der Waals surface area contributed by atoms with Gasteiger partial charge in [-0.05, 0) is 17.7 Å². The molecule has 0 spiro atoms. The van der Waals surface area contributed by atoms with Crippen LogP contribution in [0.15, 0.2) is 24.3 Å². The number of carbonyl (C=O) groups is 1. The second-order valence-corrected chi connectivity index (χ2v) is 3.69. The summed E-state index contributed by atoms with van der Waals surface area (Å²) in [5.74, 6) is -0.276. The monoisotopic (exact) mass is 237 g/mol. The van der Waals surface area contributed by atoms with Gasteiger partial charge in [0, 0.05) is 7.11 Å². The predicted molar refractivity (Wildman–Crippen MR) is 65.6 cm³/mol. The Bertz CT molecular complexity index is 365. The van der Waals surface area contributed by atoms with Gasteiger partial charge in [0.15, 0.2) is 0 Å². The Morgan fingerprint density at radius 2 is 2.18 bits per heavy atom. The van der Waals surface area contributed by atoms with E-state index < -0.39 is 6.04 Å². The first kappa shape index (κ1) is 13.7. The molecule has 94 valence electrons. The van der Waals surface area contributed by atoms with Gasteiger partial charge in [-0.1, -0.05) is 31.2 Å². The van der Waals surface area contributed by atoms with Crippen LogP contribution in [-0.4, -0.2) is 26.7 Å². The quantitative estimate of drug-likeness (QED) is 0.764. The summed E-state index contributed by atoms with van der Waals surface area (Å²) >= 11 is 0. The summed E-state index contributed by atoms with van der Waals surface area (Å²) < 4.78 is 9.86. The van der Waals surface area contributed by atoms with Crippen LogP contribution in [0.25, 0.3) is 0 Å². The summed E-state index contributed by atoms with van der Waals surface area (Å²) in [7, 11) is 3.04. The summed E-state index contributed by atoms with van der Waals surface area (Å²) in [5.41, 5.74) is 1.94. The molecule has 0 saturated heterocycles. The average Bonchev–Trinajstić information content (AvgIpc) is 2.36. The van der Waals surface area contributed by atoms with Crippen LogP contribution in [0.4, 0.5) is 0 Å². The van der Waals surface area contributed by atoms with Crippen molar-refractivity contribution < 1.29 is 14.3 Å². The topological polar surface area (TPSA) is 47.6 Å². The van der Waals surface area contributed by atoms with Crippen molar-refractivity contribution in [2.24, 2.45) is 0 Å². The molecule has 17 heavy (non-hydrogen) atoms. The summed E-state index contributed by atoms with van der Waals surface area (Å²) in [6.45, 7) is 3.19. The maximum Gasteiger partial charge on any atom is 0.327 e. The molecule has 1 unspecified atom stereocenters. The minimum absolute atomic E-state index is 0.276. The van der Waals surface area contributed by atoms with E-state index in [2.05, 4.69) is 5.32 Å². The lowest BCUT2D eigenvalue weighted by atomic mass is 10.0. The highest BCUT2D eigenvalue weighted by molar-refractivity contribution is 5.77. The number of hydrogen-bond donors (Lipinski definition) is 1. The molecule has 0 heterocycles. The Balaban J connectivity index is 2.92. The third-order valence-electron chi connectivity index (χ3n) is 2.44. The zero-order valence-electron chi connectivity index (χ0n) is 10.5. The second-order valence-electron chi connectivity index (χ2n) is 3.69. The number of ether oxygens (including phenoxy) is 2. The molecule has 1 aromatic carbocycles. The fraction of sp³-hybridized carbons (Fsp3) is 0.462. The van der Waals surface area contributed by atoms with Crippen molar-refractivity contribution in [1.82, 2.24) is 5.32 Å². The molecule has 4 heteroatoms. The van der Waals surface area contributed by atoms with E-state index in [1.165, 1.54) is 7.11 Å². The normalized spacial score (nSPS) is 12.2. The van der Waals surface area contributed by atoms with Crippen molar-refractivity contribution in [2.75, 3.05) is 20.8 Å². The van der Waals surface area contributed by atoms with Crippen molar-refractivity contribution >= 4 is 5.97 Å². The van der Waals surface area contributed by atoms with Crippen LogP contribution in [-0.2, 0) is 20.9 Å². The molecule has 4 nitrogen and oxygen atoms in total. The number of benzene rings is 1. The zero-order chi connectivity index (χ0) is 12.7. The number of rotatable bonds is 6. The summed E-state index contributed by atoms with van der Waals surface area (Å²) in [6.07, 6.45) is 0. The Kier molecular flexibility index (Phi) is 5.66. The maximum absolute atomic E-state index is 11.7. The Labute approximate surface area is 102 Å². The minimum Gasteiger partial charge on any atom is -0.468 e. The van der Waals surface area contributed by atoms with Crippen molar-refractivity contribution in [1.29, 1.82) is 0 Å². The Morgan fingerprint density at radius 1 is 1.41 bits per heavy atom. The third kappa shape index (κ3) is 3.84. The first-order chi connectivity index (χ1) is 8.22. The minimum atomic E-state index is -0.415. The second kappa shape index (κ2) is 7.04. The highest BCUT2D eigenvalue weighted by Crippen LogP contribution is 2.16. The summed E-state index contributed by atoms with van der Waals surface area (Å²) in [5, 5.41) is 3.10. The highest BCUT2D eigenvalue weighted by atomic mass is 16.5. The predicted octanol–water partition coefficient (Wildman–Crippen LogP) is 1.66. The molecule has 0 aliphatic carbocycles. The number of nitrogens with one attached hydrogen (secondary N) is 1. The summed E-state index contributed by atoms with van der Waals surface area (Å²) in [6, 6.07) is 7.32. The molecule has 0 saturated carbocycles. The first-order valence-electron chi connectivity index (χ1n) is 5.62. The maximum atomic E-state index is 11.7. The van der Waals surface area contributed by atoms with Crippen molar-refractivity contribution in [2.45, 2.75) is 19.6 Å². The molecule has 1 atom stereocenters.